The zero-order chi connectivity index (χ0) is 11.3. The van der Waals surface area contributed by atoms with E-state index in [0.717, 1.165) is 19.5 Å². The second kappa shape index (κ2) is 5.79. The van der Waals surface area contributed by atoms with Gasteiger partial charge in [0, 0.05) is 25.7 Å². The zero-order valence-corrected chi connectivity index (χ0v) is 9.33. The summed E-state index contributed by atoms with van der Waals surface area (Å²) in [5, 5.41) is 10.8. The number of nitrogens with zero attached hydrogens (tertiary/aromatic N) is 2. The Hall–Kier alpha value is -0.990. The number of carbonyl (C=O) groups excluding carboxylic acids is 1. The maximum Gasteiger partial charge on any atom is 0.407 e. The third-order valence-electron chi connectivity index (χ3n) is 2.34. The van der Waals surface area contributed by atoms with Crippen LogP contribution >= 0.6 is 11.6 Å². The molecule has 5 nitrogen and oxygen atoms in total. The van der Waals surface area contributed by atoms with Gasteiger partial charge in [0.05, 0.1) is 13.2 Å². The highest BCUT2D eigenvalue weighted by atomic mass is 35.5. The molecule has 0 saturated carbocycles. The highest BCUT2D eigenvalue weighted by Gasteiger charge is 2.25. The van der Waals surface area contributed by atoms with Crippen LogP contribution in [0.3, 0.4) is 0 Å². The standard InChI is InChI=1S/C9H14ClN3O2/c1-15-9(14)12-8-2-3-13(6-8)5-7(10)4-11/h7-8H,2-3,5-6H2,1H3,(H,12,14). The van der Waals surface area contributed by atoms with Gasteiger partial charge < -0.3 is 10.1 Å². The van der Waals surface area contributed by atoms with Crippen LogP contribution < -0.4 is 5.32 Å². The number of halogens is 1. The van der Waals surface area contributed by atoms with Gasteiger partial charge in [-0.25, -0.2) is 4.79 Å². The van der Waals surface area contributed by atoms with Crippen LogP contribution in [0.1, 0.15) is 6.42 Å². The minimum Gasteiger partial charge on any atom is -0.453 e. The fourth-order valence-electron chi connectivity index (χ4n) is 1.61. The Bertz CT molecular complexity index is 267. The largest absolute Gasteiger partial charge is 0.453 e. The highest BCUT2D eigenvalue weighted by molar-refractivity contribution is 6.22. The molecule has 2 atom stereocenters. The molecular formula is C9H14ClN3O2. The number of ether oxygens (including phenoxy) is 1. The van der Waals surface area contributed by atoms with Gasteiger partial charge in [-0.2, -0.15) is 5.26 Å². The first-order chi connectivity index (χ1) is 7.15. The Balaban J connectivity index is 2.27. The van der Waals surface area contributed by atoms with Crippen molar-refractivity contribution in [3.05, 3.63) is 0 Å². The molecule has 0 aromatic rings. The van der Waals surface area contributed by atoms with E-state index in [4.69, 9.17) is 16.9 Å². The first-order valence-corrected chi connectivity index (χ1v) is 5.20. The smallest absolute Gasteiger partial charge is 0.407 e. The number of alkyl carbamates (subject to hydrolysis) is 1. The molecule has 1 amide bonds. The van der Waals surface area contributed by atoms with Crippen LogP contribution in [0.15, 0.2) is 0 Å². The van der Waals surface area contributed by atoms with Crippen LogP contribution in [0.4, 0.5) is 4.79 Å². The number of nitrogens with one attached hydrogen (secondary N) is 1. The summed E-state index contributed by atoms with van der Waals surface area (Å²) >= 11 is 5.71. The average Bonchev–Trinajstić information content (AvgIpc) is 2.65. The Morgan fingerprint density at radius 1 is 1.87 bits per heavy atom. The van der Waals surface area contributed by atoms with Gasteiger partial charge >= 0.3 is 6.09 Å². The SMILES string of the molecule is COC(=O)NC1CCN(CC(Cl)C#N)C1. The number of carbonyl (C=O) groups is 1. The molecule has 0 spiro atoms. The third-order valence-corrected chi connectivity index (χ3v) is 2.57. The molecule has 6 heteroatoms. The van der Waals surface area contributed by atoms with Gasteiger partial charge in [0.25, 0.3) is 0 Å². The van der Waals surface area contributed by atoms with Gasteiger partial charge in [-0.3, -0.25) is 4.90 Å². The van der Waals surface area contributed by atoms with Crippen molar-refractivity contribution in [2.24, 2.45) is 0 Å². The van der Waals surface area contributed by atoms with E-state index in [9.17, 15) is 4.79 Å². The summed E-state index contributed by atoms with van der Waals surface area (Å²) in [5.41, 5.74) is 0. The molecule has 0 aliphatic carbocycles. The monoisotopic (exact) mass is 231 g/mol. The number of hydrogen-bond donors (Lipinski definition) is 1. The molecule has 1 aliphatic rings. The van der Waals surface area contributed by atoms with Crippen LogP contribution in [0.5, 0.6) is 0 Å². The number of rotatable bonds is 3. The predicted octanol–water partition coefficient (Wildman–Crippen LogP) is 0.548. The lowest BCUT2D eigenvalue weighted by molar-refractivity contribution is 0.166. The summed E-state index contributed by atoms with van der Waals surface area (Å²) in [6.45, 7) is 2.11. The van der Waals surface area contributed by atoms with E-state index < -0.39 is 11.5 Å². The summed E-state index contributed by atoms with van der Waals surface area (Å²) in [4.78, 5) is 13.0. The molecule has 0 bridgehead atoms. The summed E-state index contributed by atoms with van der Waals surface area (Å²) < 4.78 is 4.50. The van der Waals surface area contributed by atoms with Gasteiger partial charge in [-0.1, -0.05) is 0 Å². The number of hydrogen-bond acceptors (Lipinski definition) is 4. The van der Waals surface area contributed by atoms with Gasteiger partial charge in [-0.05, 0) is 6.42 Å². The molecule has 1 rings (SSSR count). The van der Waals surface area contributed by atoms with E-state index in [1.54, 1.807) is 0 Å². The van der Waals surface area contributed by atoms with Gasteiger partial charge in [0.2, 0.25) is 0 Å². The number of alkyl halides is 1. The lowest BCUT2D eigenvalue weighted by Gasteiger charge is -2.16. The van der Waals surface area contributed by atoms with Crippen molar-refractivity contribution in [1.29, 1.82) is 5.26 Å². The first-order valence-electron chi connectivity index (χ1n) is 4.76. The molecule has 0 radical (unpaired) electrons. The first kappa shape index (κ1) is 12.1. The van der Waals surface area contributed by atoms with Crippen molar-refractivity contribution in [1.82, 2.24) is 10.2 Å². The zero-order valence-electron chi connectivity index (χ0n) is 8.57. The molecule has 0 aromatic carbocycles. The fourth-order valence-corrected chi connectivity index (χ4v) is 1.80. The fraction of sp³-hybridized carbons (Fsp3) is 0.778. The molecule has 1 aliphatic heterocycles. The molecule has 1 fully saturated rings. The Morgan fingerprint density at radius 2 is 2.60 bits per heavy atom. The van der Waals surface area contributed by atoms with Crippen LogP contribution in [-0.2, 0) is 4.74 Å². The van der Waals surface area contributed by atoms with Crippen molar-refractivity contribution in [3.8, 4) is 6.07 Å². The Labute approximate surface area is 93.9 Å². The van der Waals surface area contributed by atoms with Crippen molar-refractivity contribution in [2.75, 3.05) is 26.7 Å². The summed E-state index contributed by atoms with van der Waals surface area (Å²) in [5.74, 6) is 0. The van der Waals surface area contributed by atoms with Crippen molar-refractivity contribution < 1.29 is 9.53 Å². The summed E-state index contributed by atoms with van der Waals surface area (Å²) in [7, 11) is 1.34. The van der Waals surface area contributed by atoms with E-state index >= 15 is 0 Å². The normalized spacial score (nSPS) is 23.1. The topological polar surface area (TPSA) is 65.4 Å². The summed E-state index contributed by atoms with van der Waals surface area (Å²) in [6, 6.07) is 2.07. The van der Waals surface area contributed by atoms with E-state index in [2.05, 4.69) is 15.0 Å². The molecule has 84 valence electrons. The molecule has 1 N–H and O–H groups in total. The quantitative estimate of drug-likeness (QED) is 0.721. The van der Waals surface area contributed by atoms with E-state index in [-0.39, 0.29) is 6.04 Å². The average molecular weight is 232 g/mol. The Morgan fingerprint density at radius 3 is 3.20 bits per heavy atom. The second-order valence-corrected chi connectivity index (χ2v) is 4.00. The number of amides is 1. The number of likely N-dealkylation sites (tertiary alicyclic amines) is 1. The van der Waals surface area contributed by atoms with Gasteiger partial charge in [0.15, 0.2) is 0 Å². The van der Waals surface area contributed by atoms with E-state index in [0.29, 0.717) is 6.54 Å². The van der Waals surface area contributed by atoms with E-state index in [1.165, 1.54) is 7.11 Å². The van der Waals surface area contributed by atoms with Crippen molar-refractivity contribution in [3.63, 3.8) is 0 Å². The third kappa shape index (κ3) is 3.94. The predicted molar refractivity (Wildman–Crippen MR) is 55.6 cm³/mol. The Kier molecular flexibility index (Phi) is 4.66. The van der Waals surface area contributed by atoms with Crippen LogP contribution in [0, 0.1) is 11.3 Å². The van der Waals surface area contributed by atoms with Gasteiger partial charge in [0.1, 0.15) is 5.38 Å². The van der Waals surface area contributed by atoms with Crippen molar-refractivity contribution in [2.45, 2.75) is 17.8 Å². The second-order valence-electron chi connectivity index (χ2n) is 3.48. The minimum atomic E-state index is -0.484. The molecule has 0 aromatic heterocycles. The van der Waals surface area contributed by atoms with E-state index in [1.807, 2.05) is 6.07 Å². The van der Waals surface area contributed by atoms with Crippen molar-refractivity contribution >= 4 is 17.7 Å². The molecule has 15 heavy (non-hydrogen) atoms. The molecular weight excluding hydrogens is 218 g/mol. The molecule has 1 heterocycles. The lowest BCUT2D eigenvalue weighted by atomic mass is 10.3. The van der Waals surface area contributed by atoms with Crippen LogP contribution in [-0.4, -0.2) is 49.2 Å². The van der Waals surface area contributed by atoms with Crippen LogP contribution in [0.2, 0.25) is 0 Å². The molecule has 2 unspecified atom stereocenters. The highest BCUT2D eigenvalue weighted by Crippen LogP contribution is 2.11. The number of methoxy groups -OCH3 is 1. The maximum atomic E-state index is 10.9. The van der Waals surface area contributed by atoms with Crippen LogP contribution in [0.25, 0.3) is 0 Å². The minimum absolute atomic E-state index is 0.0972. The number of nitriles is 1. The van der Waals surface area contributed by atoms with Gasteiger partial charge in [-0.15, -0.1) is 11.6 Å². The maximum absolute atomic E-state index is 10.9. The lowest BCUT2D eigenvalue weighted by Crippen LogP contribution is -2.37. The molecule has 1 saturated heterocycles. The summed E-state index contributed by atoms with van der Waals surface area (Å²) in [6.07, 6.45) is 0.453.